The van der Waals surface area contributed by atoms with Crippen molar-refractivity contribution < 1.29 is 28.4 Å². The molecule has 3 fully saturated rings. The summed E-state index contributed by atoms with van der Waals surface area (Å²) in [6.07, 6.45) is 20.3. The fraction of sp³-hybridized carbons (Fsp3) is 0.696. The van der Waals surface area contributed by atoms with Crippen molar-refractivity contribution >= 4 is 0 Å². The van der Waals surface area contributed by atoms with Crippen molar-refractivity contribution in [3.05, 3.63) is 85.6 Å². The van der Waals surface area contributed by atoms with Crippen LogP contribution in [0.5, 0.6) is 0 Å². The van der Waals surface area contributed by atoms with Crippen LogP contribution in [0, 0.1) is 33.0 Å². The van der Waals surface area contributed by atoms with E-state index in [9.17, 15) is 0 Å². The van der Waals surface area contributed by atoms with Crippen LogP contribution in [0.4, 0.5) is 0 Å². The van der Waals surface area contributed by atoms with Gasteiger partial charge in [-0.2, -0.15) is 0 Å². The zero-order valence-electron chi connectivity index (χ0n) is 36.0. The second-order valence-electron chi connectivity index (χ2n) is 17.5. The molecule has 3 heterocycles. The minimum absolute atomic E-state index is 0.227. The number of hydrogen-bond acceptors (Lipinski definition) is 6. The van der Waals surface area contributed by atoms with Gasteiger partial charge in [-0.15, -0.1) is 0 Å². The quantitative estimate of drug-likeness (QED) is 0.101. The van der Waals surface area contributed by atoms with E-state index in [1.807, 2.05) is 45.1 Å². The van der Waals surface area contributed by atoms with Gasteiger partial charge in [0.2, 0.25) is 0 Å². The number of allylic oxidation sites excluding steroid dienone is 10. The van der Waals surface area contributed by atoms with Crippen molar-refractivity contribution in [1.82, 2.24) is 0 Å². The van der Waals surface area contributed by atoms with Crippen LogP contribution in [0.2, 0.25) is 0 Å². The highest BCUT2D eigenvalue weighted by Crippen LogP contribution is 2.40. The molecule has 0 aromatic heterocycles. The Morgan fingerprint density at radius 3 is 1.52 bits per heavy atom. The number of ether oxygens (including phenoxy) is 6. The van der Waals surface area contributed by atoms with Gasteiger partial charge in [0.1, 0.15) is 5.76 Å². The maximum absolute atomic E-state index is 6.15. The predicted molar refractivity (Wildman–Crippen MR) is 222 cm³/mol. The minimum Gasteiger partial charge on any atom is -0.498 e. The Hall–Kier alpha value is -2.54. The molecule has 0 amide bonds. The summed E-state index contributed by atoms with van der Waals surface area (Å²) in [6, 6.07) is 0. The molecule has 4 rings (SSSR count). The van der Waals surface area contributed by atoms with Crippen LogP contribution >= 0.6 is 0 Å². The van der Waals surface area contributed by atoms with E-state index in [-0.39, 0.29) is 16.2 Å². The SMILES string of the molecule is C/C=C\C.C=C(C)OCC1(CC)COC1.C=C/C=C\C(=C)OCC1(CC)COC1.CC(C)(C)C.CCC1(COC2=CC=CCC2C(C)(C)C)COC1. The summed E-state index contributed by atoms with van der Waals surface area (Å²) < 4.78 is 32.7. The molecule has 52 heavy (non-hydrogen) atoms. The van der Waals surface area contributed by atoms with Gasteiger partial charge in [-0.3, -0.25) is 0 Å². The lowest BCUT2D eigenvalue weighted by molar-refractivity contribution is -0.145. The van der Waals surface area contributed by atoms with Gasteiger partial charge in [-0.25, -0.2) is 0 Å². The Morgan fingerprint density at radius 2 is 1.19 bits per heavy atom. The molecule has 1 unspecified atom stereocenters. The highest BCUT2D eigenvalue weighted by Gasteiger charge is 2.40. The summed E-state index contributed by atoms with van der Waals surface area (Å²) in [5.41, 5.74) is 1.54. The fourth-order valence-electron chi connectivity index (χ4n) is 4.86. The molecule has 0 N–H and O–H groups in total. The zero-order valence-corrected chi connectivity index (χ0v) is 36.0. The first-order chi connectivity index (χ1) is 24.3. The largest absolute Gasteiger partial charge is 0.498 e. The molecule has 3 aliphatic heterocycles. The average Bonchev–Trinajstić information content (AvgIpc) is 3.02. The van der Waals surface area contributed by atoms with Crippen LogP contribution in [-0.2, 0) is 28.4 Å². The molecule has 1 aliphatic carbocycles. The predicted octanol–water partition coefficient (Wildman–Crippen LogP) is 12.2. The highest BCUT2D eigenvalue weighted by atomic mass is 16.5. The lowest BCUT2D eigenvalue weighted by Gasteiger charge is -2.42. The second-order valence-corrected chi connectivity index (χ2v) is 17.5. The lowest BCUT2D eigenvalue weighted by atomic mass is 9.76. The second kappa shape index (κ2) is 24.7. The molecule has 0 aromatic rings. The number of rotatable bonds is 14. The summed E-state index contributed by atoms with van der Waals surface area (Å²) in [6.45, 7) is 46.4. The molecule has 6 nitrogen and oxygen atoms in total. The first-order valence-corrected chi connectivity index (χ1v) is 19.5. The Morgan fingerprint density at radius 1 is 0.769 bits per heavy atom. The van der Waals surface area contributed by atoms with Crippen LogP contribution in [0.15, 0.2) is 85.6 Å². The monoisotopic (exact) mass is 729 g/mol. The highest BCUT2D eigenvalue weighted by molar-refractivity contribution is 5.18. The van der Waals surface area contributed by atoms with Gasteiger partial charge < -0.3 is 28.4 Å². The Bertz CT molecular complexity index is 1100. The maximum Gasteiger partial charge on any atom is 0.112 e. The van der Waals surface area contributed by atoms with Crippen molar-refractivity contribution in [2.45, 2.75) is 116 Å². The summed E-state index contributed by atoms with van der Waals surface area (Å²) in [5, 5.41) is 0. The normalized spacial score (nSPS) is 20.5. The topological polar surface area (TPSA) is 55.4 Å². The first kappa shape index (κ1) is 49.5. The van der Waals surface area contributed by atoms with E-state index in [2.05, 4.69) is 107 Å². The van der Waals surface area contributed by atoms with Crippen LogP contribution in [0.3, 0.4) is 0 Å². The molecule has 4 aliphatic rings. The van der Waals surface area contributed by atoms with Gasteiger partial charge in [0.25, 0.3) is 0 Å². The molecule has 0 aromatic carbocycles. The van der Waals surface area contributed by atoms with E-state index in [1.165, 1.54) is 0 Å². The smallest absolute Gasteiger partial charge is 0.112 e. The van der Waals surface area contributed by atoms with Crippen LogP contribution in [0.1, 0.15) is 116 Å². The molecule has 6 heteroatoms. The summed E-state index contributed by atoms with van der Waals surface area (Å²) in [5.74, 6) is 3.14. The van der Waals surface area contributed by atoms with Gasteiger partial charge in [-0.05, 0) is 69.4 Å². The van der Waals surface area contributed by atoms with Gasteiger partial charge >= 0.3 is 0 Å². The first-order valence-electron chi connectivity index (χ1n) is 19.5. The summed E-state index contributed by atoms with van der Waals surface area (Å²) in [4.78, 5) is 0. The Labute approximate surface area is 321 Å². The molecular weight excluding hydrogens is 649 g/mol. The van der Waals surface area contributed by atoms with Crippen molar-refractivity contribution in [3.63, 3.8) is 0 Å². The third-order valence-corrected chi connectivity index (χ3v) is 9.34. The van der Waals surface area contributed by atoms with Crippen LogP contribution in [0.25, 0.3) is 0 Å². The molecule has 300 valence electrons. The molecule has 0 spiro atoms. The third kappa shape index (κ3) is 20.6. The molecule has 0 bridgehead atoms. The van der Waals surface area contributed by atoms with E-state index in [1.54, 1.807) is 6.08 Å². The van der Waals surface area contributed by atoms with Crippen molar-refractivity contribution in [3.8, 4) is 0 Å². The molecular formula is C46H80O6. The molecule has 0 saturated carbocycles. The van der Waals surface area contributed by atoms with Gasteiger partial charge in [0.15, 0.2) is 0 Å². The maximum atomic E-state index is 6.15. The molecule has 3 saturated heterocycles. The van der Waals surface area contributed by atoms with E-state index in [0.29, 0.717) is 29.1 Å². The van der Waals surface area contributed by atoms with E-state index >= 15 is 0 Å². The standard InChI is InChI=1S/C16H26O2.C12H18O2.C9H16O2.C5H12.C4H8/c1-5-16(10-17-11-16)12-18-14-9-7-6-8-13(14)15(2,3)4;1-4-6-7-11(3)14-10-12(5-2)8-13-9-12;1-4-9(5-10-6-9)7-11-8(2)3;1-5(2,3)4;1-3-4-2/h6-7,9,13H,5,8,10-12H2,1-4H3;4,6-7H,1,3,5,8-10H2,2H3;2,4-7H2,1,3H3;1-4H3;3-4H,1-2H3/b;7-6-;;;4-3-. The van der Waals surface area contributed by atoms with Gasteiger partial charge in [-0.1, -0.05) is 125 Å². The Balaban J connectivity index is 0.000000685. The third-order valence-electron chi connectivity index (χ3n) is 9.34. The fourth-order valence-corrected chi connectivity index (χ4v) is 4.86. The Kier molecular flexibility index (Phi) is 23.5. The summed E-state index contributed by atoms with van der Waals surface area (Å²) >= 11 is 0. The molecule has 0 radical (unpaired) electrons. The summed E-state index contributed by atoms with van der Waals surface area (Å²) in [7, 11) is 0. The van der Waals surface area contributed by atoms with Gasteiger partial charge in [0, 0.05) is 5.92 Å². The lowest BCUT2D eigenvalue weighted by Crippen LogP contribution is -2.46. The van der Waals surface area contributed by atoms with Crippen molar-refractivity contribution in [1.29, 1.82) is 0 Å². The van der Waals surface area contributed by atoms with E-state index in [0.717, 1.165) is 90.1 Å². The van der Waals surface area contributed by atoms with Crippen LogP contribution in [-0.4, -0.2) is 59.5 Å². The van der Waals surface area contributed by atoms with E-state index < -0.39 is 0 Å². The van der Waals surface area contributed by atoms with Gasteiger partial charge in [0.05, 0.1) is 87.2 Å². The van der Waals surface area contributed by atoms with Crippen LogP contribution < -0.4 is 0 Å². The zero-order chi connectivity index (χ0) is 39.9. The van der Waals surface area contributed by atoms with E-state index in [4.69, 9.17) is 28.4 Å². The number of hydrogen-bond donors (Lipinski definition) is 0. The van der Waals surface area contributed by atoms with Crippen molar-refractivity contribution in [2.75, 3.05) is 59.5 Å². The average molecular weight is 729 g/mol. The molecule has 1 atom stereocenters. The minimum atomic E-state index is 0.227. The van der Waals surface area contributed by atoms with Crippen molar-refractivity contribution in [2.24, 2.45) is 33.0 Å².